The Morgan fingerprint density at radius 1 is 1.20 bits per heavy atom. The molecule has 0 radical (unpaired) electrons. The monoisotopic (exact) mass is 272 g/mol. The molecule has 1 saturated heterocycles. The van der Waals surface area contributed by atoms with Gasteiger partial charge < -0.3 is 14.6 Å². The number of amides is 1. The van der Waals surface area contributed by atoms with Crippen molar-refractivity contribution < 1.29 is 9.53 Å². The van der Waals surface area contributed by atoms with Crippen molar-refractivity contribution in [3.63, 3.8) is 0 Å². The smallest absolute Gasteiger partial charge is 0.256 e. The highest BCUT2D eigenvalue weighted by atomic mass is 16.5. The second-order valence-corrected chi connectivity index (χ2v) is 5.32. The number of H-pyrrole nitrogens is 1. The Labute approximate surface area is 118 Å². The molecular formula is C16H20N2O2. The number of carbonyl (C=O) groups is 1. The van der Waals surface area contributed by atoms with Crippen LogP contribution in [-0.2, 0) is 0 Å². The molecule has 1 aliphatic heterocycles. The first kappa shape index (κ1) is 13.0. The highest BCUT2D eigenvalue weighted by Crippen LogP contribution is 2.25. The van der Waals surface area contributed by atoms with Crippen LogP contribution in [0.15, 0.2) is 24.4 Å². The molecule has 3 rings (SSSR count). The van der Waals surface area contributed by atoms with Crippen LogP contribution in [0.5, 0.6) is 5.75 Å². The topological polar surface area (TPSA) is 45.3 Å². The van der Waals surface area contributed by atoms with Gasteiger partial charge in [0.2, 0.25) is 0 Å². The molecule has 1 aromatic heterocycles. The van der Waals surface area contributed by atoms with E-state index in [1.165, 1.54) is 12.8 Å². The summed E-state index contributed by atoms with van der Waals surface area (Å²) >= 11 is 0. The van der Waals surface area contributed by atoms with Crippen LogP contribution in [0.4, 0.5) is 0 Å². The number of likely N-dealkylation sites (tertiary alicyclic amines) is 1. The minimum atomic E-state index is 0.142. The van der Waals surface area contributed by atoms with E-state index in [4.69, 9.17) is 4.74 Å². The number of nitrogens with zero attached hydrogens (tertiary/aromatic N) is 1. The predicted molar refractivity (Wildman–Crippen MR) is 79.2 cm³/mol. The SMILES string of the molecule is COc1ccc2c(C(=O)N3CCCCCC3)c[nH]c2c1. The van der Waals surface area contributed by atoms with E-state index in [9.17, 15) is 4.79 Å². The summed E-state index contributed by atoms with van der Waals surface area (Å²) in [5.41, 5.74) is 1.71. The van der Waals surface area contributed by atoms with Crippen LogP contribution >= 0.6 is 0 Å². The number of carbonyl (C=O) groups excluding carboxylic acids is 1. The van der Waals surface area contributed by atoms with Gasteiger partial charge in [-0.25, -0.2) is 0 Å². The second-order valence-electron chi connectivity index (χ2n) is 5.32. The van der Waals surface area contributed by atoms with Crippen molar-refractivity contribution in [2.75, 3.05) is 20.2 Å². The Morgan fingerprint density at radius 3 is 2.65 bits per heavy atom. The Kier molecular flexibility index (Phi) is 3.63. The van der Waals surface area contributed by atoms with Crippen molar-refractivity contribution in [3.05, 3.63) is 30.0 Å². The standard InChI is InChI=1S/C16H20N2O2/c1-20-12-6-7-13-14(11-17-15(13)10-12)16(19)18-8-4-2-3-5-9-18/h6-7,10-11,17H,2-5,8-9H2,1H3. The van der Waals surface area contributed by atoms with Crippen LogP contribution < -0.4 is 4.74 Å². The van der Waals surface area contributed by atoms with Gasteiger partial charge in [-0.3, -0.25) is 4.79 Å². The summed E-state index contributed by atoms with van der Waals surface area (Å²) in [4.78, 5) is 17.8. The molecule has 1 N–H and O–H groups in total. The van der Waals surface area contributed by atoms with Crippen LogP contribution in [-0.4, -0.2) is 36.0 Å². The maximum Gasteiger partial charge on any atom is 0.256 e. The molecule has 0 aliphatic carbocycles. The van der Waals surface area contributed by atoms with Crippen molar-refractivity contribution >= 4 is 16.8 Å². The van der Waals surface area contributed by atoms with E-state index < -0.39 is 0 Å². The molecule has 106 valence electrons. The van der Waals surface area contributed by atoms with Gasteiger partial charge in [0, 0.05) is 36.3 Å². The minimum absolute atomic E-state index is 0.142. The van der Waals surface area contributed by atoms with Gasteiger partial charge >= 0.3 is 0 Å². The number of nitrogens with one attached hydrogen (secondary N) is 1. The lowest BCUT2D eigenvalue weighted by molar-refractivity contribution is 0.0763. The molecule has 1 aromatic carbocycles. The Balaban J connectivity index is 1.91. The molecule has 1 amide bonds. The molecule has 2 heterocycles. The fraction of sp³-hybridized carbons (Fsp3) is 0.438. The lowest BCUT2D eigenvalue weighted by Gasteiger charge is -2.19. The maximum absolute atomic E-state index is 12.7. The summed E-state index contributed by atoms with van der Waals surface area (Å²) in [6.07, 6.45) is 6.50. The fourth-order valence-corrected chi connectivity index (χ4v) is 2.85. The molecular weight excluding hydrogens is 252 g/mol. The largest absolute Gasteiger partial charge is 0.497 e. The number of benzene rings is 1. The lowest BCUT2D eigenvalue weighted by Crippen LogP contribution is -2.31. The third-order valence-electron chi connectivity index (χ3n) is 4.01. The van der Waals surface area contributed by atoms with Crippen molar-refractivity contribution in [1.29, 1.82) is 0 Å². The molecule has 0 saturated carbocycles. The molecule has 4 nitrogen and oxygen atoms in total. The van der Waals surface area contributed by atoms with Crippen molar-refractivity contribution in [1.82, 2.24) is 9.88 Å². The third kappa shape index (κ3) is 2.38. The van der Waals surface area contributed by atoms with E-state index in [2.05, 4.69) is 4.98 Å². The zero-order valence-corrected chi connectivity index (χ0v) is 11.8. The molecule has 1 fully saturated rings. The van der Waals surface area contributed by atoms with Crippen LogP contribution in [0.25, 0.3) is 10.9 Å². The first-order valence-electron chi connectivity index (χ1n) is 7.24. The van der Waals surface area contributed by atoms with Gasteiger partial charge in [0.15, 0.2) is 0 Å². The number of methoxy groups -OCH3 is 1. The average molecular weight is 272 g/mol. The molecule has 0 bridgehead atoms. The fourth-order valence-electron chi connectivity index (χ4n) is 2.85. The van der Waals surface area contributed by atoms with E-state index in [1.54, 1.807) is 7.11 Å². The summed E-state index contributed by atoms with van der Waals surface area (Å²) in [6, 6.07) is 5.78. The summed E-state index contributed by atoms with van der Waals surface area (Å²) in [6.45, 7) is 1.75. The van der Waals surface area contributed by atoms with Crippen LogP contribution in [0.1, 0.15) is 36.0 Å². The number of rotatable bonds is 2. The van der Waals surface area contributed by atoms with Gasteiger partial charge in [-0.1, -0.05) is 12.8 Å². The highest BCUT2D eigenvalue weighted by Gasteiger charge is 2.20. The van der Waals surface area contributed by atoms with E-state index in [1.807, 2.05) is 29.3 Å². The maximum atomic E-state index is 12.7. The molecule has 4 heteroatoms. The predicted octanol–water partition coefficient (Wildman–Crippen LogP) is 3.19. The Morgan fingerprint density at radius 2 is 1.95 bits per heavy atom. The highest BCUT2D eigenvalue weighted by molar-refractivity contribution is 6.06. The van der Waals surface area contributed by atoms with Gasteiger partial charge in [0.05, 0.1) is 12.7 Å². The summed E-state index contributed by atoms with van der Waals surface area (Å²) in [7, 11) is 1.65. The van der Waals surface area contributed by atoms with Gasteiger partial charge in [-0.2, -0.15) is 0 Å². The molecule has 0 spiro atoms. The first-order valence-corrected chi connectivity index (χ1v) is 7.24. The molecule has 2 aromatic rings. The third-order valence-corrected chi connectivity index (χ3v) is 4.01. The zero-order chi connectivity index (χ0) is 13.9. The normalized spacial score (nSPS) is 16.1. The van der Waals surface area contributed by atoms with E-state index >= 15 is 0 Å². The number of ether oxygens (including phenoxy) is 1. The van der Waals surface area contributed by atoms with Crippen LogP contribution in [0.2, 0.25) is 0 Å². The summed E-state index contributed by atoms with van der Waals surface area (Å²) in [5.74, 6) is 0.941. The first-order chi connectivity index (χ1) is 9.79. The van der Waals surface area contributed by atoms with Gasteiger partial charge in [0.25, 0.3) is 5.91 Å². The zero-order valence-electron chi connectivity index (χ0n) is 11.8. The van der Waals surface area contributed by atoms with Crippen LogP contribution in [0, 0.1) is 0 Å². The van der Waals surface area contributed by atoms with E-state index in [-0.39, 0.29) is 5.91 Å². The van der Waals surface area contributed by atoms with Gasteiger partial charge in [-0.15, -0.1) is 0 Å². The van der Waals surface area contributed by atoms with Gasteiger partial charge in [0.1, 0.15) is 5.75 Å². The van der Waals surface area contributed by atoms with E-state index in [0.29, 0.717) is 0 Å². The van der Waals surface area contributed by atoms with Crippen molar-refractivity contribution in [2.24, 2.45) is 0 Å². The number of hydrogen-bond donors (Lipinski definition) is 1. The minimum Gasteiger partial charge on any atom is -0.497 e. The number of aromatic nitrogens is 1. The lowest BCUT2D eigenvalue weighted by atomic mass is 10.1. The molecule has 0 atom stereocenters. The average Bonchev–Trinajstić information content (AvgIpc) is 2.71. The Hall–Kier alpha value is -1.97. The summed E-state index contributed by atoms with van der Waals surface area (Å²) < 4.78 is 5.21. The summed E-state index contributed by atoms with van der Waals surface area (Å²) in [5, 5.41) is 0.972. The van der Waals surface area contributed by atoms with Crippen molar-refractivity contribution in [2.45, 2.75) is 25.7 Å². The van der Waals surface area contributed by atoms with E-state index in [0.717, 1.165) is 48.1 Å². The second kappa shape index (κ2) is 5.57. The van der Waals surface area contributed by atoms with Crippen molar-refractivity contribution in [3.8, 4) is 5.75 Å². The van der Waals surface area contributed by atoms with Gasteiger partial charge in [-0.05, 0) is 25.0 Å². The number of aromatic amines is 1. The quantitative estimate of drug-likeness (QED) is 0.912. The number of fused-ring (bicyclic) bond motifs is 1. The molecule has 20 heavy (non-hydrogen) atoms. The Bertz CT molecular complexity index is 610. The molecule has 0 unspecified atom stereocenters. The molecule has 1 aliphatic rings. The number of hydrogen-bond acceptors (Lipinski definition) is 2. The van der Waals surface area contributed by atoms with Crippen LogP contribution in [0.3, 0.4) is 0 Å².